The second-order valence-electron chi connectivity index (χ2n) is 4.89. The quantitative estimate of drug-likeness (QED) is 0.684. The number of rotatable bonds is 5. The fourth-order valence-corrected chi connectivity index (χ4v) is 2.79. The van der Waals surface area contributed by atoms with E-state index >= 15 is 0 Å². The first-order chi connectivity index (χ1) is 8.83. The maximum absolute atomic E-state index is 12.1. The van der Waals surface area contributed by atoms with Crippen molar-refractivity contribution in [1.29, 1.82) is 0 Å². The molecule has 1 saturated carbocycles. The van der Waals surface area contributed by atoms with Crippen LogP contribution in [0.4, 0.5) is 0 Å². The van der Waals surface area contributed by atoms with E-state index in [0.717, 1.165) is 12.8 Å². The molecule has 0 bridgehead atoms. The number of ether oxygens (including phenoxy) is 3. The molecule has 1 aliphatic heterocycles. The number of hydrogen-bond donors (Lipinski definition) is 0. The van der Waals surface area contributed by atoms with Crippen molar-refractivity contribution in [2.45, 2.75) is 37.8 Å². The fraction of sp³-hybridized carbons (Fsp3) is 0.923. The number of hydrogen-bond acceptors (Lipinski definition) is 4. The van der Waals surface area contributed by atoms with Gasteiger partial charge in [0.05, 0.1) is 32.0 Å². The molecule has 1 amide bonds. The summed E-state index contributed by atoms with van der Waals surface area (Å²) in [5.74, 6) is 0.0892. The summed E-state index contributed by atoms with van der Waals surface area (Å²) in [6, 6.07) is 0.269. The zero-order valence-electron chi connectivity index (χ0n) is 11.1. The van der Waals surface area contributed by atoms with Crippen LogP contribution in [0, 0.1) is 0 Å². The van der Waals surface area contributed by atoms with Crippen LogP contribution < -0.4 is 0 Å². The molecule has 104 valence electrons. The summed E-state index contributed by atoms with van der Waals surface area (Å²) in [4.78, 5) is 14.1. The van der Waals surface area contributed by atoms with Gasteiger partial charge in [0.25, 0.3) is 0 Å². The third kappa shape index (κ3) is 3.43. The molecule has 0 radical (unpaired) electrons. The smallest absolute Gasteiger partial charge is 0.248 e. The Kier molecular flexibility index (Phi) is 5.41. The van der Waals surface area contributed by atoms with Gasteiger partial charge >= 0.3 is 0 Å². The van der Waals surface area contributed by atoms with Crippen molar-refractivity contribution >= 4 is 5.91 Å². The minimum atomic E-state index is 0.0892. The summed E-state index contributed by atoms with van der Waals surface area (Å²) < 4.78 is 15.9. The Morgan fingerprint density at radius 2 is 2.17 bits per heavy atom. The van der Waals surface area contributed by atoms with Gasteiger partial charge < -0.3 is 19.1 Å². The van der Waals surface area contributed by atoms with Gasteiger partial charge in [-0.05, 0) is 12.8 Å². The van der Waals surface area contributed by atoms with Crippen molar-refractivity contribution in [2.75, 3.05) is 40.1 Å². The first-order valence-electron chi connectivity index (χ1n) is 6.80. The van der Waals surface area contributed by atoms with Gasteiger partial charge in [-0.3, -0.25) is 4.79 Å². The molecular formula is C13H23NO4. The van der Waals surface area contributed by atoms with Gasteiger partial charge in [0.2, 0.25) is 5.91 Å². The molecule has 1 aliphatic carbocycles. The predicted octanol–water partition coefficient (Wildman–Crippen LogP) is 0.819. The van der Waals surface area contributed by atoms with Gasteiger partial charge in [-0.25, -0.2) is 0 Å². The van der Waals surface area contributed by atoms with Crippen LogP contribution in [0.5, 0.6) is 0 Å². The Balaban J connectivity index is 1.80. The van der Waals surface area contributed by atoms with Crippen molar-refractivity contribution < 1.29 is 19.0 Å². The van der Waals surface area contributed by atoms with E-state index in [-0.39, 0.29) is 24.7 Å². The van der Waals surface area contributed by atoms with Crippen LogP contribution in [0.25, 0.3) is 0 Å². The molecular weight excluding hydrogens is 234 g/mol. The summed E-state index contributed by atoms with van der Waals surface area (Å²) in [5.41, 5.74) is 0. The SMILES string of the molecule is COCCOCC(=O)N1CCOC2CCCCC21. The largest absolute Gasteiger partial charge is 0.382 e. The molecule has 2 unspecified atom stereocenters. The Bertz CT molecular complexity index is 270. The molecule has 5 nitrogen and oxygen atoms in total. The first-order valence-corrected chi connectivity index (χ1v) is 6.80. The number of morpholine rings is 1. The summed E-state index contributed by atoms with van der Waals surface area (Å²) in [7, 11) is 1.62. The molecule has 2 atom stereocenters. The number of carbonyl (C=O) groups excluding carboxylic acids is 1. The minimum Gasteiger partial charge on any atom is -0.382 e. The highest BCUT2D eigenvalue weighted by atomic mass is 16.5. The summed E-state index contributed by atoms with van der Waals surface area (Å²) >= 11 is 0. The molecule has 1 heterocycles. The van der Waals surface area contributed by atoms with Crippen LogP contribution in [0.3, 0.4) is 0 Å². The maximum atomic E-state index is 12.1. The lowest BCUT2D eigenvalue weighted by Gasteiger charge is -2.43. The lowest BCUT2D eigenvalue weighted by molar-refractivity contribution is -0.154. The lowest BCUT2D eigenvalue weighted by atomic mass is 9.90. The predicted molar refractivity (Wildman–Crippen MR) is 66.4 cm³/mol. The standard InChI is InChI=1S/C13H23NO4/c1-16-8-9-17-10-13(15)14-6-7-18-12-5-3-2-4-11(12)14/h11-12H,2-10H2,1H3. The summed E-state index contributed by atoms with van der Waals surface area (Å²) in [6.45, 7) is 2.52. The number of fused-ring (bicyclic) bond motifs is 1. The van der Waals surface area contributed by atoms with E-state index in [9.17, 15) is 4.79 Å². The van der Waals surface area contributed by atoms with Crippen LogP contribution >= 0.6 is 0 Å². The molecule has 2 fully saturated rings. The van der Waals surface area contributed by atoms with Gasteiger partial charge in [-0.2, -0.15) is 0 Å². The van der Waals surface area contributed by atoms with Crippen LogP contribution in [-0.2, 0) is 19.0 Å². The average Bonchev–Trinajstić information content (AvgIpc) is 2.43. The van der Waals surface area contributed by atoms with Crippen LogP contribution in [0.2, 0.25) is 0 Å². The van der Waals surface area contributed by atoms with Gasteiger partial charge in [0.1, 0.15) is 6.61 Å². The van der Waals surface area contributed by atoms with Gasteiger partial charge in [-0.15, -0.1) is 0 Å². The van der Waals surface area contributed by atoms with E-state index in [1.807, 2.05) is 4.90 Å². The minimum absolute atomic E-state index is 0.0892. The second-order valence-corrected chi connectivity index (χ2v) is 4.89. The molecule has 0 aromatic rings. The average molecular weight is 257 g/mol. The van der Waals surface area contributed by atoms with Crippen molar-refractivity contribution in [3.8, 4) is 0 Å². The highest BCUT2D eigenvalue weighted by Gasteiger charge is 2.36. The highest BCUT2D eigenvalue weighted by molar-refractivity contribution is 5.78. The van der Waals surface area contributed by atoms with Crippen LogP contribution in [0.1, 0.15) is 25.7 Å². The normalized spacial score (nSPS) is 27.9. The van der Waals surface area contributed by atoms with E-state index in [0.29, 0.717) is 26.4 Å². The molecule has 0 spiro atoms. The number of nitrogens with zero attached hydrogens (tertiary/aromatic N) is 1. The third-order valence-corrected chi connectivity index (χ3v) is 3.71. The van der Waals surface area contributed by atoms with E-state index in [1.165, 1.54) is 12.8 Å². The Hall–Kier alpha value is -0.650. The highest BCUT2D eigenvalue weighted by Crippen LogP contribution is 2.28. The number of amides is 1. The van der Waals surface area contributed by atoms with Gasteiger partial charge in [-0.1, -0.05) is 12.8 Å². The van der Waals surface area contributed by atoms with Crippen molar-refractivity contribution in [1.82, 2.24) is 4.90 Å². The topological polar surface area (TPSA) is 48.0 Å². The Morgan fingerprint density at radius 3 is 3.00 bits per heavy atom. The monoisotopic (exact) mass is 257 g/mol. The molecule has 2 aliphatic rings. The number of methoxy groups -OCH3 is 1. The van der Waals surface area contributed by atoms with Gasteiger partial charge in [0, 0.05) is 13.7 Å². The van der Waals surface area contributed by atoms with Gasteiger partial charge in [0.15, 0.2) is 0 Å². The molecule has 0 N–H and O–H groups in total. The van der Waals surface area contributed by atoms with Crippen LogP contribution in [-0.4, -0.2) is 63.0 Å². The zero-order valence-corrected chi connectivity index (χ0v) is 11.1. The molecule has 18 heavy (non-hydrogen) atoms. The maximum Gasteiger partial charge on any atom is 0.248 e. The molecule has 0 aromatic heterocycles. The Morgan fingerprint density at radius 1 is 1.33 bits per heavy atom. The Labute approximate surface area is 108 Å². The van der Waals surface area contributed by atoms with E-state index in [1.54, 1.807) is 7.11 Å². The first kappa shape index (κ1) is 13.8. The van der Waals surface area contributed by atoms with E-state index in [2.05, 4.69) is 0 Å². The lowest BCUT2D eigenvalue weighted by Crippen LogP contribution is -2.55. The van der Waals surface area contributed by atoms with Crippen LogP contribution in [0.15, 0.2) is 0 Å². The molecule has 2 rings (SSSR count). The van der Waals surface area contributed by atoms with Crippen molar-refractivity contribution in [3.63, 3.8) is 0 Å². The fourth-order valence-electron chi connectivity index (χ4n) is 2.79. The third-order valence-electron chi connectivity index (χ3n) is 3.71. The number of carbonyl (C=O) groups is 1. The van der Waals surface area contributed by atoms with Crippen molar-refractivity contribution in [3.05, 3.63) is 0 Å². The van der Waals surface area contributed by atoms with E-state index < -0.39 is 0 Å². The summed E-state index contributed by atoms with van der Waals surface area (Å²) in [6.07, 6.45) is 4.80. The second kappa shape index (κ2) is 7.07. The van der Waals surface area contributed by atoms with E-state index in [4.69, 9.17) is 14.2 Å². The molecule has 0 aromatic carbocycles. The molecule has 1 saturated heterocycles. The zero-order chi connectivity index (χ0) is 12.8. The summed E-state index contributed by atoms with van der Waals surface area (Å²) in [5, 5.41) is 0. The van der Waals surface area contributed by atoms with Crippen molar-refractivity contribution in [2.24, 2.45) is 0 Å². The molecule has 5 heteroatoms.